The van der Waals surface area contributed by atoms with Crippen molar-refractivity contribution in [1.29, 1.82) is 0 Å². The molecule has 4 nitrogen and oxygen atoms in total. The van der Waals surface area contributed by atoms with Gasteiger partial charge < -0.3 is 15.5 Å². The first-order chi connectivity index (χ1) is 7.72. The Hall–Kier alpha value is -1.71. The van der Waals surface area contributed by atoms with Gasteiger partial charge in [-0.25, -0.2) is 0 Å². The molecule has 0 amide bonds. The third-order valence-corrected chi connectivity index (χ3v) is 2.72. The highest BCUT2D eigenvalue weighted by Crippen LogP contribution is 2.21. The maximum atomic E-state index is 5.68. The van der Waals surface area contributed by atoms with Crippen LogP contribution in [0.5, 0.6) is 0 Å². The average Bonchev–Trinajstić information content (AvgIpc) is 2.67. The second kappa shape index (κ2) is 4.43. The Bertz CT molecular complexity index is 474. The number of nitrogen functional groups attached to an aromatic ring is 1. The smallest absolute Gasteiger partial charge is 0.295 e. The molecular formula is C12H17N3O. The average molecular weight is 219 g/mol. The van der Waals surface area contributed by atoms with Crippen molar-refractivity contribution in [3.05, 3.63) is 18.2 Å². The van der Waals surface area contributed by atoms with Crippen LogP contribution >= 0.6 is 0 Å². The minimum atomic E-state index is 0.408. The Morgan fingerprint density at radius 3 is 2.81 bits per heavy atom. The second-order valence-electron chi connectivity index (χ2n) is 3.90. The van der Waals surface area contributed by atoms with E-state index in [4.69, 9.17) is 10.2 Å². The van der Waals surface area contributed by atoms with E-state index >= 15 is 0 Å². The lowest BCUT2D eigenvalue weighted by molar-refractivity contribution is 0.578. The molecule has 3 N–H and O–H groups in total. The van der Waals surface area contributed by atoms with Crippen molar-refractivity contribution in [2.75, 3.05) is 11.1 Å². The Kier molecular flexibility index (Phi) is 2.99. The van der Waals surface area contributed by atoms with Crippen LogP contribution in [0.2, 0.25) is 0 Å². The highest BCUT2D eigenvalue weighted by Gasteiger charge is 2.09. The molecule has 0 aliphatic carbocycles. The van der Waals surface area contributed by atoms with Gasteiger partial charge in [0, 0.05) is 11.7 Å². The van der Waals surface area contributed by atoms with E-state index in [0.717, 1.165) is 23.9 Å². The molecule has 1 aromatic heterocycles. The summed E-state index contributed by atoms with van der Waals surface area (Å²) < 4.78 is 5.58. The fourth-order valence-corrected chi connectivity index (χ4v) is 1.67. The van der Waals surface area contributed by atoms with Crippen molar-refractivity contribution in [2.45, 2.75) is 32.7 Å². The summed E-state index contributed by atoms with van der Waals surface area (Å²) in [6.07, 6.45) is 2.11. The summed E-state index contributed by atoms with van der Waals surface area (Å²) in [5.41, 5.74) is 7.95. The minimum Gasteiger partial charge on any atom is -0.424 e. The van der Waals surface area contributed by atoms with E-state index in [1.165, 1.54) is 0 Å². The van der Waals surface area contributed by atoms with E-state index in [9.17, 15) is 0 Å². The molecule has 2 rings (SSSR count). The predicted molar refractivity (Wildman–Crippen MR) is 66.4 cm³/mol. The molecule has 16 heavy (non-hydrogen) atoms. The third kappa shape index (κ3) is 2.10. The fraction of sp³-hybridized carbons (Fsp3) is 0.417. The standard InChI is InChI=1S/C12H17N3O/c1-3-9(4-2)14-12-15-10-7-8(13)5-6-11(10)16-12/h5-7,9H,3-4,13H2,1-2H3,(H,14,15). The van der Waals surface area contributed by atoms with Crippen LogP contribution in [0.4, 0.5) is 11.7 Å². The molecule has 2 aromatic rings. The molecule has 0 atom stereocenters. The monoisotopic (exact) mass is 219 g/mol. The number of hydrogen-bond donors (Lipinski definition) is 2. The summed E-state index contributed by atoms with van der Waals surface area (Å²) in [6, 6.07) is 6.46. The van der Waals surface area contributed by atoms with E-state index in [1.54, 1.807) is 0 Å². The number of aromatic nitrogens is 1. The Morgan fingerprint density at radius 2 is 2.12 bits per heavy atom. The van der Waals surface area contributed by atoms with Gasteiger partial charge >= 0.3 is 0 Å². The number of rotatable bonds is 4. The number of anilines is 2. The van der Waals surface area contributed by atoms with Crippen LogP contribution in [0.1, 0.15) is 26.7 Å². The summed E-state index contributed by atoms with van der Waals surface area (Å²) >= 11 is 0. The van der Waals surface area contributed by atoms with Gasteiger partial charge in [-0.2, -0.15) is 4.98 Å². The van der Waals surface area contributed by atoms with Crippen LogP contribution in [0.15, 0.2) is 22.6 Å². The number of oxazole rings is 1. The first kappa shape index (κ1) is 10.8. The zero-order chi connectivity index (χ0) is 11.5. The Morgan fingerprint density at radius 1 is 1.38 bits per heavy atom. The predicted octanol–water partition coefficient (Wildman–Crippen LogP) is 3.01. The molecule has 1 aromatic carbocycles. The molecule has 4 heteroatoms. The first-order valence-corrected chi connectivity index (χ1v) is 5.65. The lowest BCUT2D eigenvalue weighted by Gasteiger charge is -2.11. The van der Waals surface area contributed by atoms with Gasteiger partial charge in [0.2, 0.25) is 0 Å². The molecule has 0 spiro atoms. The molecule has 0 aliphatic heterocycles. The van der Waals surface area contributed by atoms with E-state index in [-0.39, 0.29) is 0 Å². The SMILES string of the molecule is CCC(CC)Nc1nc2cc(N)ccc2o1. The molecular weight excluding hydrogens is 202 g/mol. The van der Waals surface area contributed by atoms with Crippen molar-refractivity contribution < 1.29 is 4.42 Å². The zero-order valence-electron chi connectivity index (χ0n) is 9.66. The van der Waals surface area contributed by atoms with E-state index < -0.39 is 0 Å². The van der Waals surface area contributed by atoms with Crippen LogP contribution in [0.3, 0.4) is 0 Å². The molecule has 0 unspecified atom stereocenters. The van der Waals surface area contributed by atoms with E-state index in [2.05, 4.69) is 24.1 Å². The fourth-order valence-electron chi connectivity index (χ4n) is 1.67. The highest BCUT2D eigenvalue weighted by atomic mass is 16.4. The minimum absolute atomic E-state index is 0.408. The quantitative estimate of drug-likeness (QED) is 0.776. The first-order valence-electron chi connectivity index (χ1n) is 5.65. The van der Waals surface area contributed by atoms with Gasteiger partial charge in [-0.3, -0.25) is 0 Å². The summed E-state index contributed by atoms with van der Waals surface area (Å²) in [6.45, 7) is 4.28. The lowest BCUT2D eigenvalue weighted by atomic mass is 10.2. The van der Waals surface area contributed by atoms with Crippen molar-refractivity contribution >= 4 is 22.8 Å². The number of hydrogen-bond acceptors (Lipinski definition) is 4. The van der Waals surface area contributed by atoms with Crippen LogP contribution in [0, 0.1) is 0 Å². The maximum absolute atomic E-state index is 5.68. The number of nitrogens with two attached hydrogens (primary N) is 1. The zero-order valence-corrected chi connectivity index (χ0v) is 9.66. The van der Waals surface area contributed by atoms with Crippen molar-refractivity contribution in [2.24, 2.45) is 0 Å². The Balaban J connectivity index is 2.25. The van der Waals surface area contributed by atoms with Crippen LogP contribution < -0.4 is 11.1 Å². The summed E-state index contributed by atoms with van der Waals surface area (Å²) in [5.74, 6) is 0. The molecule has 0 aliphatic rings. The number of nitrogens with zero attached hydrogens (tertiary/aromatic N) is 1. The molecule has 1 heterocycles. The molecule has 0 saturated heterocycles. The van der Waals surface area contributed by atoms with E-state index in [1.807, 2.05) is 18.2 Å². The van der Waals surface area contributed by atoms with E-state index in [0.29, 0.717) is 17.7 Å². The largest absolute Gasteiger partial charge is 0.424 e. The molecule has 0 saturated carbocycles. The van der Waals surface area contributed by atoms with Crippen LogP contribution in [0.25, 0.3) is 11.1 Å². The highest BCUT2D eigenvalue weighted by molar-refractivity contribution is 5.78. The van der Waals surface area contributed by atoms with Crippen molar-refractivity contribution in [3.8, 4) is 0 Å². The lowest BCUT2D eigenvalue weighted by Crippen LogP contribution is -2.16. The van der Waals surface area contributed by atoms with Crippen molar-refractivity contribution in [3.63, 3.8) is 0 Å². The topological polar surface area (TPSA) is 64.1 Å². The Labute approximate surface area is 94.8 Å². The van der Waals surface area contributed by atoms with Crippen molar-refractivity contribution in [1.82, 2.24) is 4.98 Å². The van der Waals surface area contributed by atoms with Gasteiger partial charge in [-0.05, 0) is 31.0 Å². The number of fused-ring (bicyclic) bond motifs is 1. The summed E-state index contributed by atoms with van der Waals surface area (Å²) in [5, 5.41) is 3.27. The summed E-state index contributed by atoms with van der Waals surface area (Å²) in [4.78, 5) is 4.35. The van der Waals surface area contributed by atoms with Gasteiger partial charge in [0.25, 0.3) is 6.01 Å². The maximum Gasteiger partial charge on any atom is 0.295 e. The molecule has 0 fully saturated rings. The van der Waals surface area contributed by atoms with Gasteiger partial charge in [0.05, 0.1) is 0 Å². The number of benzene rings is 1. The molecule has 86 valence electrons. The van der Waals surface area contributed by atoms with Gasteiger partial charge in [0.15, 0.2) is 5.58 Å². The number of nitrogens with one attached hydrogen (secondary N) is 1. The van der Waals surface area contributed by atoms with Crippen LogP contribution in [-0.2, 0) is 0 Å². The second-order valence-corrected chi connectivity index (χ2v) is 3.90. The third-order valence-electron chi connectivity index (χ3n) is 2.72. The van der Waals surface area contributed by atoms with Crippen LogP contribution in [-0.4, -0.2) is 11.0 Å². The molecule has 0 radical (unpaired) electrons. The molecule has 0 bridgehead atoms. The van der Waals surface area contributed by atoms with Gasteiger partial charge in [-0.1, -0.05) is 13.8 Å². The summed E-state index contributed by atoms with van der Waals surface area (Å²) in [7, 11) is 0. The van der Waals surface area contributed by atoms with Gasteiger partial charge in [-0.15, -0.1) is 0 Å². The van der Waals surface area contributed by atoms with Gasteiger partial charge in [0.1, 0.15) is 5.52 Å². The normalized spacial score (nSPS) is 11.2.